The maximum Gasteiger partial charge on any atom is 0.490 e. The van der Waals surface area contributed by atoms with Crippen molar-refractivity contribution in [3.8, 4) is 0 Å². The second-order valence-electron chi connectivity index (χ2n) is 8.30. The molecule has 1 atom stereocenters. The summed E-state index contributed by atoms with van der Waals surface area (Å²) in [4.78, 5) is 40.3. The summed E-state index contributed by atoms with van der Waals surface area (Å²) in [5.41, 5.74) is 1.38. The third-order valence-electron chi connectivity index (χ3n) is 6.13. The highest BCUT2D eigenvalue weighted by Gasteiger charge is 2.57. The molecular weight excluding hydrogens is 523 g/mol. The Morgan fingerprint density at radius 2 is 1.91 bits per heavy atom. The van der Waals surface area contributed by atoms with Gasteiger partial charge >= 0.3 is 18.2 Å². The minimum absolute atomic E-state index is 0.127. The number of hydrogen-bond donors (Lipinski definition) is 2. The molecule has 1 saturated heterocycles. The summed E-state index contributed by atoms with van der Waals surface area (Å²) in [5, 5.41) is 9.82. The van der Waals surface area contributed by atoms with Gasteiger partial charge in [0.15, 0.2) is 5.60 Å². The number of aliphatic carboxylic acids is 1. The fourth-order valence-electron chi connectivity index (χ4n) is 4.36. The molecule has 3 heterocycles. The van der Waals surface area contributed by atoms with Crippen LogP contribution in [0.2, 0.25) is 0 Å². The van der Waals surface area contributed by atoms with Gasteiger partial charge in [-0.15, -0.1) is 0 Å². The van der Waals surface area contributed by atoms with Crippen molar-refractivity contribution in [3.05, 3.63) is 58.3 Å². The Morgan fingerprint density at radius 1 is 1.21 bits per heavy atom. The standard InChI is InChI=1S/C20H18BrN3O3.C2HF3O2/c21-14-3-1-2-13(10-14)19(5-6-19)17(25)24-9-7-20(12-24)15-4-8-22-11-16(15)23-18(26)27-20;3-2(4,5)1(6)7/h1-4,8,10-11H,5-7,9,12H2,(H,23,26);(H,6,7). The molecule has 2 N–H and O–H groups in total. The summed E-state index contributed by atoms with van der Waals surface area (Å²) in [5.74, 6) is -2.63. The van der Waals surface area contributed by atoms with Gasteiger partial charge in [0.1, 0.15) is 0 Å². The number of halogens is 4. The van der Waals surface area contributed by atoms with Crippen LogP contribution in [0.15, 0.2) is 47.2 Å². The molecule has 0 bridgehead atoms. The zero-order valence-corrected chi connectivity index (χ0v) is 19.1. The molecule has 0 radical (unpaired) electrons. The first-order valence-corrected chi connectivity index (χ1v) is 11.1. The maximum absolute atomic E-state index is 13.4. The molecule has 8 nitrogen and oxygen atoms in total. The highest BCUT2D eigenvalue weighted by atomic mass is 79.9. The lowest BCUT2D eigenvalue weighted by Gasteiger charge is -2.35. The molecule has 1 unspecified atom stereocenters. The van der Waals surface area contributed by atoms with Gasteiger partial charge in [-0.25, -0.2) is 9.59 Å². The minimum atomic E-state index is -5.08. The number of nitrogens with zero attached hydrogens (tertiary/aromatic N) is 2. The third-order valence-corrected chi connectivity index (χ3v) is 6.63. The minimum Gasteiger partial charge on any atom is -0.475 e. The molecule has 1 aliphatic carbocycles. The maximum atomic E-state index is 13.4. The highest BCUT2D eigenvalue weighted by molar-refractivity contribution is 9.10. The lowest BCUT2D eigenvalue weighted by atomic mass is 9.91. The van der Waals surface area contributed by atoms with Gasteiger partial charge in [-0.2, -0.15) is 13.2 Å². The molecule has 34 heavy (non-hydrogen) atoms. The molecule has 180 valence electrons. The van der Waals surface area contributed by atoms with Crippen LogP contribution in [0, 0.1) is 0 Å². The van der Waals surface area contributed by atoms with E-state index < -0.39 is 29.3 Å². The lowest BCUT2D eigenvalue weighted by Crippen LogP contribution is -2.44. The zero-order chi connectivity index (χ0) is 24.7. The number of carbonyl (C=O) groups is 3. The van der Waals surface area contributed by atoms with E-state index in [0.29, 0.717) is 25.2 Å². The van der Waals surface area contributed by atoms with Gasteiger partial charge in [0.2, 0.25) is 5.91 Å². The van der Waals surface area contributed by atoms with Crippen LogP contribution in [0.3, 0.4) is 0 Å². The molecule has 1 aromatic carbocycles. The number of ether oxygens (including phenoxy) is 1. The summed E-state index contributed by atoms with van der Waals surface area (Å²) in [6.45, 7) is 0.954. The van der Waals surface area contributed by atoms with Gasteiger partial charge in [-0.1, -0.05) is 28.1 Å². The Morgan fingerprint density at radius 3 is 2.53 bits per heavy atom. The average molecular weight is 542 g/mol. The summed E-state index contributed by atoms with van der Waals surface area (Å²) in [6.07, 6.45) is 0.0543. The van der Waals surface area contributed by atoms with Gasteiger partial charge in [-0.05, 0) is 36.6 Å². The predicted molar refractivity (Wildman–Crippen MR) is 116 cm³/mol. The first-order valence-electron chi connectivity index (χ1n) is 10.3. The van der Waals surface area contributed by atoms with E-state index in [9.17, 15) is 22.8 Å². The number of likely N-dealkylation sites (tertiary alicyclic amines) is 1. The van der Waals surface area contributed by atoms with Crippen LogP contribution in [0.1, 0.15) is 30.4 Å². The van der Waals surface area contributed by atoms with Crippen molar-refractivity contribution in [2.75, 3.05) is 18.4 Å². The largest absolute Gasteiger partial charge is 0.490 e. The Kier molecular flexibility index (Phi) is 6.05. The van der Waals surface area contributed by atoms with Gasteiger partial charge in [0, 0.05) is 29.2 Å². The average Bonchev–Trinajstić information content (AvgIpc) is 3.49. The van der Waals surface area contributed by atoms with Crippen molar-refractivity contribution in [3.63, 3.8) is 0 Å². The van der Waals surface area contributed by atoms with E-state index in [-0.39, 0.29) is 5.91 Å². The first-order chi connectivity index (χ1) is 16.0. The molecule has 5 rings (SSSR count). The van der Waals surface area contributed by atoms with Gasteiger partial charge in [0.05, 0.1) is 23.8 Å². The van der Waals surface area contributed by atoms with Crippen LogP contribution in [0.5, 0.6) is 0 Å². The van der Waals surface area contributed by atoms with Crippen molar-refractivity contribution in [2.45, 2.75) is 36.5 Å². The number of hydrogen-bond acceptors (Lipinski definition) is 5. The van der Waals surface area contributed by atoms with Crippen LogP contribution in [0.25, 0.3) is 0 Å². The Balaban J connectivity index is 0.000000344. The van der Waals surface area contributed by atoms with E-state index in [2.05, 4.69) is 26.2 Å². The molecule has 12 heteroatoms. The Hall–Kier alpha value is -3.15. The number of rotatable bonds is 2. The summed E-state index contributed by atoms with van der Waals surface area (Å²) < 4.78 is 38.4. The number of fused-ring (bicyclic) bond motifs is 2. The number of amides is 2. The number of carbonyl (C=O) groups excluding carboxylic acids is 2. The van der Waals surface area contributed by atoms with Crippen molar-refractivity contribution >= 4 is 39.6 Å². The Labute approximate surface area is 200 Å². The topological polar surface area (TPSA) is 109 Å². The molecular formula is C22H19BrF3N3O5. The first kappa shape index (κ1) is 24.0. The van der Waals surface area contributed by atoms with E-state index in [1.165, 1.54) is 0 Å². The van der Waals surface area contributed by atoms with E-state index in [0.717, 1.165) is 28.4 Å². The summed E-state index contributed by atoms with van der Waals surface area (Å²) in [7, 11) is 0. The summed E-state index contributed by atoms with van der Waals surface area (Å²) in [6, 6.07) is 9.85. The van der Waals surface area contributed by atoms with Crippen molar-refractivity contribution in [2.24, 2.45) is 0 Å². The number of carboxylic acid groups (broad SMARTS) is 1. The van der Waals surface area contributed by atoms with Crippen molar-refractivity contribution < 1.29 is 37.4 Å². The van der Waals surface area contributed by atoms with Crippen molar-refractivity contribution in [1.29, 1.82) is 0 Å². The SMILES string of the molecule is O=C(O)C(F)(F)F.O=C1Nc2cnccc2C2(CCN(C(=O)C3(c4cccc(Br)c4)CC3)C2)O1. The van der Waals surface area contributed by atoms with Gasteiger partial charge in [0.25, 0.3) is 0 Å². The molecule has 2 aromatic rings. The third kappa shape index (κ3) is 4.46. The monoisotopic (exact) mass is 541 g/mol. The number of nitrogens with one attached hydrogen (secondary N) is 1. The molecule has 2 fully saturated rings. The van der Waals surface area contributed by atoms with Gasteiger partial charge in [-0.3, -0.25) is 15.1 Å². The predicted octanol–water partition coefficient (Wildman–Crippen LogP) is 4.20. The van der Waals surface area contributed by atoms with Crippen LogP contribution >= 0.6 is 15.9 Å². The smallest absolute Gasteiger partial charge is 0.475 e. The lowest BCUT2D eigenvalue weighted by molar-refractivity contribution is -0.192. The van der Waals surface area contributed by atoms with Gasteiger partial charge < -0.3 is 14.7 Å². The van der Waals surface area contributed by atoms with Crippen LogP contribution in [-0.2, 0) is 25.3 Å². The zero-order valence-electron chi connectivity index (χ0n) is 17.6. The molecule has 2 amide bonds. The van der Waals surface area contributed by atoms with Crippen LogP contribution in [-0.4, -0.2) is 52.2 Å². The number of anilines is 1. The second-order valence-corrected chi connectivity index (χ2v) is 9.22. The van der Waals surface area contributed by atoms with Crippen molar-refractivity contribution in [1.82, 2.24) is 9.88 Å². The molecule has 1 spiro atoms. The van der Waals surface area contributed by atoms with E-state index in [4.69, 9.17) is 14.6 Å². The fraction of sp³-hybridized carbons (Fsp3) is 0.364. The van der Waals surface area contributed by atoms with E-state index in [1.54, 1.807) is 12.4 Å². The molecule has 2 aliphatic heterocycles. The number of pyridine rings is 1. The second kappa shape index (κ2) is 8.57. The molecule has 1 aromatic heterocycles. The highest BCUT2D eigenvalue weighted by Crippen LogP contribution is 2.52. The molecule has 3 aliphatic rings. The normalized spacial score (nSPS) is 22.1. The quantitative estimate of drug-likeness (QED) is 0.589. The number of carboxylic acids is 1. The van der Waals surface area contributed by atoms with E-state index in [1.807, 2.05) is 35.2 Å². The Bertz CT molecular complexity index is 1150. The number of aromatic nitrogens is 1. The molecule has 1 saturated carbocycles. The van der Waals surface area contributed by atoms with Crippen LogP contribution in [0.4, 0.5) is 23.7 Å². The summed E-state index contributed by atoms with van der Waals surface area (Å²) >= 11 is 3.50. The fourth-order valence-corrected chi connectivity index (χ4v) is 4.76. The number of benzene rings is 1. The number of alkyl halides is 3. The van der Waals surface area contributed by atoms with E-state index >= 15 is 0 Å². The van der Waals surface area contributed by atoms with Crippen LogP contribution < -0.4 is 5.32 Å².